The van der Waals surface area contributed by atoms with Gasteiger partial charge in [-0.1, -0.05) is 5.16 Å². The Balaban J connectivity index is 2.17. The molecule has 2 rings (SSSR count). The van der Waals surface area contributed by atoms with Crippen LogP contribution >= 0.6 is 0 Å². The van der Waals surface area contributed by atoms with Crippen LogP contribution in [0.3, 0.4) is 0 Å². The first-order chi connectivity index (χ1) is 8.56. The van der Waals surface area contributed by atoms with Crippen molar-refractivity contribution in [2.75, 3.05) is 11.1 Å². The lowest BCUT2D eigenvalue weighted by Crippen LogP contribution is -2.07. The summed E-state index contributed by atoms with van der Waals surface area (Å²) in [6.45, 7) is 1.77. The molecule has 0 aliphatic heterocycles. The Morgan fingerprint density at radius 1 is 1.56 bits per heavy atom. The summed E-state index contributed by atoms with van der Waals surface area (Å²) in [5.74, 6) is 0.704. The van der Waals surface area contributed by atoms with E-state index in [1.165, 1.54) is 0 Å². The SMILES string of the molecule is Cc1noc(CNc2nc(N)ncc2[N+](=O)[O-])n1. The summed E-state index contributed by atoms with van der Waals surface area (Å²) < 4.78 is 4.85. The summed E-state index contributed by atoms with van der Waals surface area (Å²) >= 11 is 0. The molecule has 18 heavy (non-hydrogen) atoms. The number of nitrogens with one attached hydrogen (secondary N) is 1. The number of nitrogens with two attached hydrogens (primary N) is 1. The van der Waals surface area contributed by atoms with Crippen molar-refractivity contribution in [1.29, 1.82) is 0 Å². The Kier molecular flexibility index (Phi) is 3.00. The normalized spacial score (nSPS) is 10.3. The third-order valence-electron chi connectivity index (χ3n) is 1.96. The monoisotopic (exact) mass is 251 g/mol. The Hall–Kier alpha value is -2.78. The van der Waals surface area contributed by atoms with Crippen molar-refractivity contribution in [3.63, 3.8) is 0 Å². The molecule has 0 saturated heterocycles. The van der Waals surface area contributed by atoms with Crippen LogP contribution in [0.2, 0.25) is 0 Å². The molecule has 0 saturated carbocycles. The van der Waals surface area contributed by atoms with Crippen LogP contribution in [-0.4, -0.2) is 25.0 Å². The molecule has 0 aliphatic carbocycles. The number of nitro groups is 1. The zero-order chi connectivity index (χ0) is 13.1. The molecule has 3 N–H and O–H groups in total. The lowest BCUT2D eigenvalue weighted by molar-refractivity contribution is -0.384. The summed E-state index contributed by atoms with van der Waals surface area (Å²) in [4.78, 5) is 21.4. The third kappa shape index (κ3) is 2.48. The van der Waals surface area contributed by atoms with Gasteiger partial charge >= 0.3 is 5.69 Å². The fourth-order valence-corrected chi connectivity index (χ4v) is 1.22. The molecule has 0 fully saturated rings. The summed E-state index contributed by atoms with van der Waals surface area (Å²) in [5, 5.41) is 17.0. The first-order valence-corrected chi connectivity index (χ1v) is 4.86. The van der Waals surface area contributed by atoms with Crippen LogP contribution in [0.5, 0.6) is 0 Å². The van der Waals surface area contributed by atoms with E-state index < -0.39 is 4.92 Å². The zero-order valence-electron chi connectivity index (χ0n) is 9.32. The predicted molar refractivity (Wildman–Crippen MR) is 59.5 cm³/mol. The van der Waals surface area contributed by atoms with Gasteiger partial charge in [0.2, 0.25) is 17.7 Å². The molecule has 0 atom stereocenters. The van der Waals surface area contributed by atoms with Crippen LogP contribution in [0.15, 0.2) is 10.7 Å². The first kappa shape index (κ1) is 11.7. The molecule has 0 aliphatic rings. The average Bonchev–Trinajstić information content (AvgIpc) is 2.72. The van der Waals surface area contributed by atoms with Crippen LogP contribution in [0.1, 0.15) is 11.7 Å². The summed E-state index contributed by atoms with van der Waals surface area (Å²) in [6, 6.07) is 0. The van der Waals surface area contributed by atoms with E-state index in [9.17, 15) is 10.1 Å². The molecule has 0 spiro atoms. The van der Waals surface area contributed by atoms with Crippen molar-refractivity contribution >= 4 is 17.5 Å². The second-order valence-corrected chi connectivity index (χ2v) is 3.31. The van der Waals surface area contributed by atoms with E-state index in [1.54, 1.807) is 6.92 Å². The van der Waals surface area contributed by atoms with Crippen molar-refractivity contribution in [3.8, 4) is 0 Å². The van der Waals surface area contributed by atoms with Gasteiger partial charge in [-0.05, 0) is 6.92 Å². The second kappa shape index (κ2) is 4.61. The van der Waals surface area contributed by atoms with Gasteiger partial charge in [-0.2, -0.15) is 9.97 Å². The van der Waals surface area contributed by atoms with Gasteiger partial charge in [0.25, 0.3) is 0 Å². The van der Waals surface area contributed by atoms with Gasteiger partial charge < -0.3 is 15.6 Å². The van der Waals surface area contributed by atoms with Gasteiger partial charge in [-0.25, -0.2) is 4.98 Å². The molecule has 10 heteroatoms. The molecule has 0 bridgehead atoms. The largest absolute Gasteiger partial charge is 0.368 e. The number of hydrogen-bond donors (Lipinski definition) is 2. The van der Waals surface area contributed by atoms with Crippen LogP contribution < -0.4 is 11.1 Å². The maximum atomic E-state index is 10.7. The van der Waals surface area contributed by atoms with Crippen LogP contribution in [-0.2, 0) is 6.54 Å². The Labute approximate surface area is 100 Å². The standard InChI is InChI=1S/C8H9N7O3/c1-4-12-6(18-14-4)3-10-7-5(15(16)17)2-11-8(9)13-7/h2H,3H2,1H3,(H3,9,10,11,13). The van der Waals surface area contributed by atoms with E-state index in [0.717, 1.165) is 6.20 Å². The number of nitrogens with zero attached hydrogens (tertiary/aromatic N) is 5. The highest BCUT2D eigenvalue weighted by Gasteiger charge is 2.17. The molecule has 2 aromatic rings. The molecule has 94 valence electrons. The van der Waals surface area contributed by atoms with Crippen molar-refractivity contribution < 1.29 is 9.45 Å². The number of aromatic nitrogens is 4. The molecule has 0 unspecified atom stereocenters. The lowest BCUT2D eigenvalue weighted by Gasteiger charge is -2.03. The van der Waals surface area contributed by atoms with E-state index in [1.807, 2.05) is 0 Å². The highest BCUT2D eigenvalue weighted by Crippen LogP contribution is 2.21. The zero-order valence-corrected chi connectivity index (χ0v) is 9.32. The number of nitrogen functional groups attached to an aromatic ring is 1. The van der Waals surface area contributed by atoms with E-state index >= 15 is 0 Å². The molecular weight excluding hydrogens is 242 g/mol. The lowest BCUT2D eigenvalue weighted by atomic mass is 10.4. The molecule has 10 nitrogen and oxygen atoms in total. The Morgan fingerprint density at radius 2 is 2.33 bits per heavy atom. The van der Waals surface area contributed by atoms with E-state index in [-0.39, 0.29) is 24.0 Å². The minimum absolute atomic E-state index is 0.00310. The smallest absolute Gasteiger partial charge is 0.329 e. The quantitative estimate of drug-likeness (QED) is 0.577. The van der Waals surface area contributed by atoms with Crippen LogP contribution in [0, 0.1) is 17.0 Å². The van der Waals surface area contributed by atoms with E-state index in [0.29, 0.717) is 11.7 Å². The molecule has 0 radical (unpaired) electrons. The fourth-order valence-electron chi connectivity index (χ4n) is 1.22. The van der Waals surface area contributed by atoms with Gasteiger partial charge in [-0.3, -0.25) is 10.1 Å². The van der Waals surface area contributed by atoms with Gasteiger partial charge in [0.1, 0.15) is 6.20 Å². The van der Waals surface area contributed by atoms with E-state index in [2.05, 4.69) is 25.4 Å². The third-order valence-corrected chi connectivity index (χ3v) is 1.96. The maximum Gasteiger partial charge on any atom is 0.329 e. The van der Waals surface area contributed by atoms with E-state index in [4.69, 9.17) is 10.3 Å². The molecule has 2 heterocycles. The van der Waals surface area contributed by atoms with Crippen LogP contribution in [0.4, 0.5) is 17.5 Å². The van der Waals surface area contributed by atoms with Gasteiger partial charge in [0.05, 0.1) is 11.5 Å². The molecular formula is C8H9N7O3. The minimum atomic E-state index is -0.610. The highest BCUT2D eigenvalue weighted by molar-refractivity contribution is 5.56. The fraction of sp³-hybridized carbons (Fsp3) is 0.250. The predicted octanol–water partition coefficient (Wildman–Crippen LogP) is 0.271. The summed E-state index contributed by atoms with van der Waals surface area (Å²) in [5.41, 5.74) is 5.09. The highest BCUT2D eigenvalue weighted by atomic mass is 16.6. The number of rotatable bonds is 4. The summed E-state index contributed by atoms with van der Waals surface area (Å²) in [6.07, 6.45) is 1.03. The minimum Gasteiger partial charge on any atom is -0.368 e. The number of anilines is 2. The number of hydrogen-bond acceptors (Lipinski definition) is 9. The van der Waals surface area contributed by atoms with Gasteiger partial charge in [-0.15, -0.1) is 0 Å². The van der Waals surface area contributed by atoms with Crippen molar-refractivity contribution in [2.24, 2.45) is 0 Å². The Bertz CT molecular complexity index is 582. The van der Waals surface area contributed by atoms with Crippen LogP contribution in [0.25, 0.3) is 0 Å². The first-order valence-electron chi connectivity index (χ1n) is 4.86. The molecule has 0 aromatic carbocycles. The summed E-state index contributed by atoms with van der Waals surface area (Å²) in [7, 11) is 0. The average molecular weight is 251 g/mol. The van der Waals surface area contributed by atoms with Gasteiger partial charge in [0, 0.05) is 0 Å². The topological polar surface area (TPSA) is 146 Å². The molecule has 2 aromatic heterocycles. The Morgan fingerprint density at radius 3 is 2.94 bits per heavy atom. The number of aryl methyl sites for hydroxylation is 1. The molecule has 0 amide bonds. The van der Waals surface area contributed by atoms with Gasteiger partial charge in [0.15, 0.2) is 5.82 Å². The maximum absolute atomic E-state index is 10.7. The second-order valence-electron chi connectivity index (χ2n) is 3.31. The van der Waals surface area contributed by atoms with Crippen molar-refractivity contribution in [3.05, 3.63) is 28.0 Å². The van der Waals surface area contributed by atoms with Crippen molar-refractivity contribution in [2.45, 2.75) is 13.5 Å². The van der Waals surface area contributed by atoms with Crippen molar-refractivity contribution in [1.82, 2.24) is 20.1 Å².